The molecule has 0 aliphatic carbocycles. The molecular formula is C17H20N4O2. The summed E-state index contributed by atoms with van der Waals surface area (Å²) in [6.45, 7) is 2.97. The average molecular weight is 312 g/mol. The number of aryl methyl sites for hydroxylation is 1. The highest BCUT2D eigenvalue weighted by molar-refractivity contribution is 5.95. The van der Waals surface area contributed by atoms with Gasteiger partial charge in [0.2, 0.25) is 11.8 Å². The minimum absolute atomic E-state index is 0.0272. The van der Waals surface area contributed by atoms with Crippen molar-refractivity contribution >= 4 is 22.7 Å². The summed E-state index contributed by atoms with van der Waals surface area (Å²) in [5, 5.41) is 3.94. The van der Waals surface area contributed by atoms with Crippen LogP contribution in [0, 0.1) is 0 Å². The highest BCUT2D eigenvalue weighted by atomic mass is 16.2. The lowest BCUT2D eigenvalue weighted by atomic mass is 10.1. The van der Waals surface area contributed by atoms with Crippen LogP contribution in [0.1, 0.15) is 5.56 Å². The van der Waals surface area contributed by atoms with Crippen LogP contribution in [0.15, 0.2) is 30.5 Å². The number of nitrogens with one attached hydrogen (secondary N) is 1. The Kier molecular flexibility index (Phi) is 3.34. The number of rotatable bonds is 2. The summed E-state index contributed by atoms with van der Waals surface area (Å²) in [6.07, 6.45) is 2.16. The molecule has 0 bridgehead atoms. The SMILES string of the molecule is Cn1cc(CN2CCN3C(=O)CNC(=O)C3C2)c2ccccc21. The summed E-state index contributed by atoms with van der Waals surface area (Å²) in [6, 6.07) is 8.00. The summed E-state index contributed by atoms with van der Waals surface area (Å²) >= 11 is 0. The molecule has 3 heterocycles. The summed E-state index contributed by atoms with van der Waals surface area (Å²) in [7, 11) is 2.05. The lowest BCUT2D eigenvalue weighted by molar-refractivity contribution is -0.149. The topological polar surface area (TPSA) is 57.6 Å². The third-order valence-electron chi connectivity index (χ3n) is 4.87. The van der Waals surface area contributed by atoms with E-state index in [1.807, 2.05) is 6.07 Å². The molecule has 2 fully saturated rings. The Labute approximate surface area is 134 Å². The smallest absolute Gasteiger partial charge is 0.244 e. The van der Waals surface area contributed by atoms with Crippen molar-refractivity contribution in [1.29, 1.82) is 0 Å². The summed E-state index contributed by atoms with van der Waals surface area (Å²) in [5.74, 6) is -0.00775. The molecule has 0 saturated carbocycles. The number of fused-ring (bicyclic) bond motifs is 2. The Balaban J connectivity index is 1.55. The van der Waals surface area contributed by atoms with Crippen molar-refractivity contribution in [3.8, 4) is 0 Å². The normalized spacial score (nSPS) is 22.3. The number of piperazine rings is 2. The van der Waals surface area contributed by atoms with Crippen molar-refractivity contribution in [2.45, 2.75) is 12.6 Å². The molecule has 120 valence electrons. The third-order valence-corrected chi connectivity index (χ3v) is 4.87. The molecule has 4 rings (SSSR count). The molecule has 6 nitrogen and oxygen atoms in total. The first-order valence-electron chi connectivity index (χ1n) is 7.96. The van der Waals surface area contributed by atoms with E-state index < -0.39 is 0 Å². The van der Waals surface area contributed by atoms with Gasteiger partial charge in [-0.3, -0.25) is 14.5 Å². The Bertz CT molecular complexity index is 782. The number of nitrogens with zero attached hydrogens (tertiary/aromatic N) is 3. The molecule has 1 N–H and O–H groups in total. The van der Waals surface area contributed by atoms with Gasteiger partial charge >= 0.3 is 0 Å². The molecule has 1 aromatic heterocycles. The van der Waals surface area contributed by atoms with Crippen molar-refractivity contribution in [2.75, 3.05) is 26.2 Å². The first kappa shape index (κ1) is 14.3. The number of para-hydroxylation sites is 1. The van der Waals surface area contributed by atoms with Crippen LogP contribution in [-0.4, -0.2) is 58.4 Å². The fourth-order valence-electron chi connectivity index (χ4n) is 3.68. The second kappa shape index (κ2) is 5.38. The molecule has 0 spiro atoms. The van der Waals surface area contributed by atoms with Crippen LogP contribution in [-0.2, 0) is 23.2 Å². The van der Waals surface area contributed by atoms with Crippen LogP contribution < -0.4 is 5.32 Å². The molecule has 23 heavy (non-hydrogen) atoms. The molecule has 1 aromatic carbocycles. The molecular weight excluding hydrogens is 292 g/mol. The zero-order valence-electron chi connectivity index (χ0n) is 13.2. The van der Waals surface area contributed by atoms with Gasteiger partial charge in [-0.05, 0) is 11.6 Å². The minimum atomic E-state index is -0.347. The molecule has 2 amide bonds. The Morgan fingerprint density at radius 3 is 2.91 bits per heavy atom. The van der Waals surface area contributed by atoms with Crippen molar-refractivity contribution < 1.29 is 9.59 Å². The van der Waals surface area contributed by atoms with E-state index in [2.05, 4.69) is 46.2 Å². The van der Waals surface area contributed by atoms with Crippen LogP contribution >= 0.6 is 0 Å². The predicted molar refractivity (Wildman–Crippen MR) is 86.7 cm³/mol. The number of hydrogen-bond donors (Lipinski definition) is 1. The van der Waals surface area contributed by atoms with E-state index in [9.17, 15) is 9.59 Å². The van der Waals surface area contributed by atoms with E-state index in [0.717, 1.165) is 13.1 Å². The van der Waals surface area contributed by atoms with Crippen molar-refractivity contribution in [1.82, 2.24) is 19.7 Å². The van der Waals surface area contributed by atoms with E-state index in [1.165, 1.54) is 16.5 Å². The molecule has 1 unspecified atom stereocenters. The van der Waals surface area contributed by atoms with Crippen LogP contribution in [0.25, 0.3) is 10.9 Å². The van der Waals surface area contributed by atoms with E-state index in [4.69, 9.17) is 0 Å². The second-order valence-electron chi connectivity index (χ2n) is 6.34. The van der Waals surface area contributed by atoms with Gasteiger partial charge in [-0.2, -0.15) is 0 Å². The van der Waals surface area contributed by atoms with E-state index >= 15 is 0 Å². The Hall–Kier alpha value is -2.34. The number of benzene rings is 1. The molecule has 2 aliphatic heterocycles. The number of carbonyl (C=O) groups excluding carboxylic acids is 2. The standard InChI is InChI=1S/C17H20N4O2/c1-19-9-12(13-4-2-3-5-14(13)19)10-20-6-7-21-15(11-20)17(23)18-8-16(21)22/h2-5,9,15H,6-8,10-11H2,1H3,(H,18,23). The summed E-state index contributed by atoms with van der Waals surface area (Å²) in [4.78, 5) is 27.9. The quantitative estimate of drug-likeness (QED) is 0.869. The van der Waals surface area contributed by atoms with Gasteiger partial charge in [0, 0.05) is 50.3 Å². The average Bonchev–Trinajstić information content (AvgIpc) is 2.88. The summed E-state index contributed by atoms with van der Waals surface area (Å²) in [5.41, 5.74) is 2.48. The molecule has 0 radical (unpaired) electrons. The number of aromatic nitrogens is 1. The second-order valence-corrected chi connectivity index (χ2v) is 6.34. The zero-order valence-corrected chi connectivity index (χ0v) is 13.2. The van der Waals surface area contributed by atoms with Crippen LogP contribution in [0.5, 0.6) is 0 Å². The lowest BCUT2D eigenvalue weighted by Crippen LogP contribution is -2.65. The number of amides is 2. The minimum Gasteiger partial charge on any atom is -0.350 e. The van der Waals surface area contributed by atoms with E-state index in [0.29, 0.717) is 13.1 Å². The summed E-state index contributed by atoms with van der Waals surface area (Å²) < 4.78 is 2.14. The monoisotopic (exact) mass is 312 g/mol. The molecule has 2 aromatic rings. The molecule has 1 atom stereocenters. The predicted octanol–water partition coefficient (Wildman–Crippen LogP) is 0.321. The maximum absolute atomic E-state index is 12.1. The van der Waals surface area contributed by atoms with Crippen molar-refractivity contribution in [2.24, 2.45) is 7.05 Å². The largest absolute Gasteiger partial charge is 0.350 e. The van der Waals surface area contributed by atoms with Gasteiger partial charge in [0.15, 0.2) is 0 Å². The molecule has 2 aliphatic rings. The van der Waals surface area contributed by atoms with E-state index in [-0.39, 0.29) is 24.4 Å². The maximum atomic E-state index is 12.1. The van der Waals surface area contributed by atoms with Gasteiger partial charge in [0.1, 0.15) is 6.04 Å². The fraction of sp³-hybridized carbons (Fsp3) is 0.412. The fourth-order valence-corrected chi connectivity index (χ4v) is 3.68. The number of carbonyl (C=O) groups is 2. The first-order valence-corrected chi connectivity index (χ1v) is 7.96. The van der Waals surface area contributed by atoms with E-state index in [1.54, 1.807) is 4.90 Å². The zero-order chi connectivity index (χ0) is 16.0. The highest BCUT2D eigenvalue weighted by Crippen LogP contribution is 2.23. The Morgan fingerprint density at radius 2 is 2.04 bits per heavy atom. The highest BCUT2D eigenvalue weighted by Gasteiger charge is 2.38. The Morgan fingerprint density at radius 1 is 1.22 bits per heavy atom. The van der Waals surface area contributed by atoms with Crippen molar-refractivity contribution in [3.63, 3.8) is 0 Å². The third kappa shape index (κ3) is 2.39. The maximum Gasteiger partial charge on any atom is 0.244 e. The van der Waals surface area contributed by atoms with Gasteiger partial charge < -0.3 is 14.8 Å². The van der Waals surface area contributed by atoms with Crippen LogP contribution in [0.2, 0.25) is 0 Å². The van der Waals surface area contributed by atoms with Gasteiger partial charge in [-0.25, -0.2) is 0 Å². The van der Waals surface area contributed by atoms with Crippen molar-refractivity contribution in [3.05, 3.63) is 36.0 Å². The van der Waals surface area contributed by atoms with Gasteiger partial charge in [-0.15, -0.1) is 0 Å². The van der Waals surface area contributed by atoms with Crippen LogP contribution in [0.3, 0.4) is 0 Å². The molecule has 2 saturated heterocycles. The molecule has 6 heteroatoms. The number of hydrogen-bond acceptors (Lipinski definition) is 3. The van der Waals surface area contributed by atoms with Gasteiger partial charge in [-0.1, -0.05) is 18.2 Å². The lowest BCUT2D eigenvalue weighted by Gasteiger charge is -2.42. The van der Waals surface area contributed by atoms with Gasteiger partial charge in [0.05, 0.1) is 6.54 Å². The van der Waals surface area contributed by atoms with Crippen LogP contribution in [0.4, 0.5) is 0 Å². The van der Waals surface area contributed by atoms with Gasteiger partial charge in [0.25, 0.3) is 0 Å². The first-order chi connectivity index (χ1) is 11.1.